The molecule has 0 spiro atoms. The van der Waals surface area contributed by atoms with E-state index in [9.17, 15) is 4.79 Å². The number of amides is 1. The van der Waals surface area contributed by atoms with Crippen molar-refractivity contribution in [2.45, 2.75) is 13.8 Å². The van der Waals surface area contributed by atoms with Crippen molar-refractivity contribution in [1.29, 1.82) is 0 Å². The second-order valence-electron chi connectivity index (χ2n) is 3.81. The van der Waals surface area contributed by atoms with Crippen LogP contribution in [0.4, 0.5) is 5.69 Å². The van der Waals surface area contributed by atoms with E-state index >= 15 is 0 Å². The van der Waals surface area contributed by atoms with Gasteiger partial charge in [0.1, 0.15) is 0 Å². The fourth-order valence-corrected chi connectivity index (χ4v) is 1.30. The van der Waals surface area contributed by atoms with Crippen molar-refractivity contribution in [2.75, 3.05) is 18.9 Å². The van der Waals surface area contributed by atoms with Gasteiger partial charge in [0.2, 0.25) is 5.91 Å². The number of hydrogen-bond acceptors (Lipinski definition) is 2. The lowest BCUT2D eigenvalue weighted by atomic mass is 10.1. The van der Waals surface area contributed by atoms with E-state index in [1.165, 1.54) is 5.56 Å². The summed E-state index contributed by atoms with van der Waals surface area (Å²) in [5, 5.41) is 5.86. The molecular weight excluding hydrogens is 188 g/mol. The summed E-state index contributed by atoms with van der Waals surface area (Å²) >= 11 is 0. The van der Waals surface area contributed by atoms with Gasteiger partial charge in [-0.05, 0) is 26.1 Å². The predicted molar refractivity (Wildman–Crippen MR) is 62.9 cm³/mol. The zero-order valence-corrected chi connectivity index (χ0v) is 9.50. The summed E-state index contributed by atoms with van der Waals surface area (Å²) in [4.78, 5) is 11.6. The summed E-state index contributed by atoms with van der Waals surface area (Å²) < 4.78 is 0. The lowest BCUT2D eigenvalue weighted by molar-refractivity contribution is -0.119. The largest absolute Gasteiger partial charge is 0.326 e. The molecular formula is C12H18N2O. The number of aryl methyl sites for hydroxylation is 1. The molecule has 15 heavy (non-hydrogen) atoms. The van der Waals surface area contributed by atoms with Crippen LogP contribution < -0.4 is 10.6 Å². The number of carbonyl (C=O) groups is 1. The van der Waals surface area contributed by atoms with E-state index in [0.29, 0.717) is 6.54 Å². The first kappa shape index (κ1) is 11.7. The quantitative estimate of drug-likeness (QED) is 0.788. The lowest BCUT2D eigenvalue weighted by Gasteiger charge is -2.11. The molecule has 0 aliphatic rings. The zero-order chi connectivity index (χ0) is 11.3. The molecule has 0 fully saturated rings. The van der Waals surface area contributed by atoms with E-state index in [-0.39, 0.29) is 11.8 Å². The van der Waals surface area contributed by atoms with E-state index < -0.39 is 0 Å². The Hall–Kier alpha value is -1.35. The first-order valence-electron chi connectivity index (χ1n) is 5.15. The van der Waals surface area contributed by atoms with Gasteiger partial charge >= 0.3 is 0 Å². The standard InChI is InChI=1S/C12H18N2O/c1-9-4-6-11(7-5-9)14-12(15)10(2)8-13-3/h4-7,10,13H,8H2,1-3H3,(H,14,15). The number of carbonyl (C=O) groups excluding carboxylic acids is 1. The van der Waals surface area contributed by atoms with Crippen LogP contribution >= 0.6 is 0 Å². The monoisotopic (exact) mass is 206 g/mol. The van der Waals surface area contributed by atoms with Crippen molar-refractivity contribution < 1.29 is 4.79 Å². The molecule has 1 amide bonds. The molecule has 3 heteroatoms. The van der Waals surface area contributed by atoms with Crippen molar-refractivity contribution in [3.8, 4) is 0 Å². The molecule has 0 aromatic heterocycles. The number of anilines is 1. The molecule has 82 valence electrons. The summed E-state index contributed by atoms with van der Waals surface area (Å²) in [5.41, 5.74) is 2.05. The maximum atomic E-state index is 11.6. The highest BCUT2D eigenvalue weighted by Gasteiger charge is 2.11. The summed E-state index contributed by atoms with van der Waals surface area (Å²) in [5.74, 6) is 0.0320. The Morgan fingerprint density at radius 3 is 2.47 bits per heavy atom. The predicted octanol–water partition coefficient (Wildman–Crippen LogP) is 1.79. The Balaban J connectivity index is 2.54. The van der Waals surface area contributed by atoms with Gasteiger partial charge in [-0.1, -0.05) is 24.6 Å². The molecule has 1 unspecified atom stereocenters. The molecule has 1 rings (SSSR count). The molecule has 1 atom stereocenters. The highest BCUT2D eigenvalue weighted by molar-refractivity contribution is 5.92. The van der Waals surface area contributed by atoms with Crippen LogP contribution in [0.25, 0.3) is 0 Å². The molecule has 1 aromatic carbocycles. The number of nitrogens with one attached hydrogen (secondary N) is 2. The average molecular weight is 206 g/mol. The van der Waals surface area contributed by atoms with Crippen molar-refractivity contribution in [3.05, 3.63) is 29.8 Å². The summed E-state index contributed by atoms with van der Waals surface area (Å²) in [6.45, 7) is 4.62. The second kappa shape index (κ2) is 5.51. The minimum absolute atomic E-state index is 0.0173. The highest BCUT2D eigenvalue weighted by Crippen LogP contribution is 2.09. The molecule has 0 saturated heterocycles. The Kier molecular flexibility index (Phi) is 4.31. The third-order valence-corrected chi connectivity index (χ3v) is 2.28. The van der Waals surface area contributed by atoms with Crippen LogP contribution in [0.2, 0.25) is 0 Å². The first-order valence-corrected chi connectivity index (χ1v) is 5.15. The van der Waals surface area contributed by atoms with Crippen LogP contribution in [-0.4, -0.2) is 19.5 Å². The first-order chi connectivity index (χ1) is 7.13. The van der Waals surface area contributed by atoms with Crippen LogP contribution in [0, 0.1) is 12.8 Å². The van der Waals surface area contributed by atoms with Crippen LogP contribution in [0.3, 0.4) is 0 Å². The molecule has 0 saturated carbocycles. The summed E-state index contributed by atoms with van der Waals surface area (Å²) in [6, 6.07) is 7.80. The molecule has 0 aliphatic heterocycles. The Morgan fingerprint density at radius 2 is 1.93 bits per heavy atom. The Morgan fingerprint density at radius 1 is 1.33 bits per heavy atom. The second-order valence-corrected chi connectivity index (χ2v) is 3.81. The van der Waals surface area contributed by atoms with Gasteiger partial charge < -0.3 is 10.6 Å². The van der Waals surface area contributed by atoms with Gasteiger partial charge in [-0.2, -0.15) is 0 Å². The van der Waals surface area contributed by atoms with Gasteiger partial charge in [0, 0.05) is 18.2 Å². The molecule has 3 nitrogen and oxygen atoms in total. The van der Waals surface area contributed by atoms with Gasteiger partial charge in [-0.3, -0.25) is 4.79 Å². The van der Waals surface area contributed by atoms with E-state index in [0.717, 1.165) is 5.69 Å². The van der Waals surface area contributed by atoms with E-state index in [2.05, 4.69) is 10.6 Å². The van der Waals surface area contributed by atoms with Crippen LogP contribution in [0.15, 0.2) is 24.3 Å². The summed E-state index contributed by atoms with van der Waals surface area (Å²) in [6.07, 6.45) is 0. The Labute approximate surface area is 90.9 Å². The topological polar surface area (TPSA) is 41.1 Å². The number of rotatable bonds is 4. The SMILES string of the molecule is CNCC(C)C(=O)Nc1ccc(C)cc1. The fraction of sp³-hybridized carbons (Fsp3) is 0.417. The van der Waals surface area contributed by atoms with Crippen LogP contribution in [-0.2, 0) is 4.79 Å². The van der Waals surface area contributed by atoms with Gasteiger partial charge in [0.25, 0.3) is 0 Å². The van der Waals surface area contributed by atoms with Crippen LogP contribution in [0.1, 0.15) is 12.5 Å². The molecule has 0 radical (unpaired) electrons. The summed E-state index contributed by atoms with van der Waals surface area (Å²) in [7, 11) is 1.84. The van der Waals surface area contributed by atoms with Gasteiger partial charge in [0.05, 0.1) is 0 Å². The van der Waals surface area contributed by atoms with Gasteiger partial charge in [0.15, 0.2) is 0 Å². The maximum Gasteiger partial charge on any atom is 0.228 e. The van der Waals surface area contributed by atoms with Gasteiger partial charge in [-0.25, -0.2) is 0 Å². The van der Waals surface area contributed by atoms with E-state index in [1.807, 2.05) is 45.2 Å². The number of benzene rings is 1. The zero-order valence-electron chi connectivity index (χ0n) is 9.50. The molecule has 0 heterocycles. The van der Waals surface area contributed by atoms with E-state index in [4.69, 9.17) is 0 Å². The maximum absolute atomic E-state index is 11.6. The van der Waals surface area contributed by atoms with Crippen molar-refractivity contribution in [2.24, 2.45) is 5.92 Å². The van der Waals surface area contributed by atoms with Gasteiger partial charge in [-0.15, -0.1) is 0 Å². The smallest absolute Gasteiger partial charge is 0.228 e. The van der Waals surface area contributed by atoms with Crippen molar-refractivity contribution >= 4 is 11.6 Å². The third kappa shape index (κ3) is 3.72. The molecule has 0 bridgehead atoms. The molecule has 0 aliphatic carbocycles. The van der Waals surface area contributed by atoms with Crippen molar-refractivity contribution in [3.63, 3.8) is 0 Å². The molecule has 2 N–H and O–H groups in total. The fourth-order valence-electron chi connectivity index (χ4n) is 1.30. The normalized spacial score (nSPS) is 12.2. The lowest BCUT2D eigenvalue weighted by Crippen LogP contribution is -2.28. The van der Waals surface area contributed by atoms with Crippen LogP contribution in [0.5, 0.6) is 0 Å². The third-order valence-electron chi connectivity index (χ3n) is 2.28. The average Bonchev–Trinajstić information content (AvgIpc) is 2.22. The Bertz CT molecular complexity index is 319. The minimum Gasteiger partial charge on any atom is -0.326 e. The number of hydrogen-bond donors (Lipinski definition) is 2. The molecule has 1 aromatic rings. The van der Waals surface area contributed by atoms with Crippen molar-refractivity contribution in [1.82, 2.24) is 5.32 Å². The highest BCUT2D eigenvalue weighted by atomic mass is 16.1. The van der Waals surface area contributed by atoms with E-state index in [1.54, 1.807) is 0 Å². The minimum atomic E-state index is -0.0173.